The zero-order chi connectivity index (χ0) is 19.6. The van der Waals surface area contributed by atoms with Gasteiger partial charge in [0, 0.05) is 6.07 Å². The van der Waals surface area contributed by atoms with Gasteiger partial charge in [0.25, 0.3) is 5.25 Å². The molecule has 1 aromatic rings. The topological polar surface area (TPSA) is 78.6 Å². The molecule has 0 saturated carbocycles. The molecule has 0 saturated heterocycles. The van der Waals surface area contributed by atoms with Gasteiger partial charge in [-0.1, -0.05) is 0 Å². The fourth-order valence-corrected chi connectivity index (χ4v) is 3.82. The molecule has 5 nitrogen and oxygen atoms in total. The maximum absolute atomic E-state index is 12.8. The van der Waals surface area contributed by atoms with Gasteiger partial charge in [0.15, 0.2) is 0 Å². The maximum Gasteiger partial charge on any atom is 0.414 e. The fourth-order valence-electron chi connectivity index (χ4n) is 2.17. The first kappa shape index (κ1) is 21.4. The van der Waals surface area contributed by atoms with Crippen molar-refractivity contribution in [1.29, 1.82) is 0 Å². The zero-order valence-corrected chi connectivity index (χ0v) is 13.8. The highest BCUT2D eigenvalue weighted by Gasteiger charge is 2.64. The highest BCUT2D eigenvalue weighted by atomic mass is 32.2. The summed E-state index contributed by atoms with van der Waals surface area (Å²) >= 11 is 0. The molecular weight excluding hydrogens is 380 g/mol. The van der Waals surface area contributed by atoms with E-state index in [1.165, 1.54) is 0 Å². The number of benzene rings is 1. The molecule has 0 radical (unpaired) electrons. The molecule has 0 amide bonds. The summed E-state index contributed by atoms with van der Waals surface area (Å²) in [5.41, 5.74) is 5.62. The number of ether oxygens (including phenoxy) is 2. The Balaban J connectivity index is 3.71. The van der Waals surface area contributed by atoms with Crippen molar-refractivity contribution in [2.45, 2.75) is 28.9 Å². The Morgan fingerprint density at radius 2 is 1.48 bits per heavy atom. The van der Waals surface area contributed by atoms with Crippen LogP contribution in [-0.2, 0) is 16.3 Å². The highest BCUT2D eigenvalue weighted by molar-refractivity contribution is 7.92. The monoisotopic (exact) mass is 395 g/mol. The number of alkyl halides is 6. The highest BCUT2D eigenvalue weighted by Crippen LogP contribution is 2.44. The predicted octanol–water partition coefficient (Wildman–Crippen LogP) is 2.47. The van der Waals surface area contributed by atoms with Gasteiger partial charge in [-0.2, -0.15) is 26.3 Å². The maximum atomic E-state index is 12.8. The molecule has 0 unspecified atom stereocenters. The number of rotatable bonds is 6. The van der Waals surface area contributed by atoms with Crippen molar-refractivity contribution in [1.82, 2.24) is 0 Å². The number of halogens is 6. The molecule has 25 heavy (non-hydrogen) atoms. The van der Waals surface area contributed by atoms with Crippen molar-refractivity contribution in [2.75, 3.05) is 20.8 Å². The number of nitrogens with two attached hydrogens (primary N) is 1. The van der Waals surface area contributed by atoms with Crippen molar-refractivity contribution in [3.8, 4) is 11.5 Å². The number of sulfone groups is 1. The van der Waals surface area contributed by atoms with Crippen molar-refractivity contribution >= 4 is 9.84 Å². The molecular formula is C13H15F6NO4S. The molecule has 0 aliphatic heterocycles. The van der Waals surface area contributed by atoms with Crippen molar-refractivity contribution < 1.29 is 44.2 Å². The van der Waals surface area contributed by atoms with Crippen LogP contribution in [-0.4, -0.2) is 46.8 Å². The van der Waals surface area contributed by atoms with Gasteiger partial charge in [0.05, 0.1) is 14.2 Å². The van der Waals surface area contributed by atoms with Crippen molar-refractivity contribution in [3.63, 3.8) is 0 Å². The van der Waals surface area contributed by atoms with E-state index in [0.717, 1.165) is 20.3 Å². The molecule has 0 spiro atoms. The summed E-state index contributed by atoms with van der Waals surface area (Å²) in [4.78, 5) is -1.27. The third-order valence-corrected chi connectivity index (χ3v) is 5.28. The third-order valence-electron chi connectivity index (χ3n) is 3.19. The minimum atomic E-state index is -6.06. The molecule has 0 atom stereocenters. The second-order valence-corrected chi connectivity index (χ2v) is 6.86. The van der Waals surface area contributed by atoms with Crippen LogP contribution in [0.15, 0.2) is 17.0 Å². The smallest absolute Gasteiger partial charge is 0.414 e. The molecule has 1 rings (SSSR count). The van der Waals surface area contributed by atoms with Gasteiger partial charge < -0.3 is 15.2 Å². The van der Waals surface area contributed by atoms with Gasteiger partial charge in [-0.15, -0.1) is 0 Å². The molecule has 12 heteroatoms. The normalized spacial score (nSPS) is 13.2. The van der Waals surface area contributed by atoms with Gasteiger partial charge in [-0.05, 0) is 24.6 Å². The summed E-state index contributed by atoms with van der Waals surface area (Å²) in [6, 6.07) is 1.56. The summed E-state index contributed by atoms with van der Waals surface area (Å²) in [6.45, 7) is 0.0827. The first-order chi connectivity index (χ1) is 11.3. The molecule has 2 N–H and O–H groups in total. The van der Waals surface area contributed by atoms with Crippen LogP contribution in [0.3, 0.4) is 0 Å². The first-order valence-electron chi connectivity index (χ1n) is 6.63. The van der Waals surface area contributed by atoms with E-state index in [4.69, 9.17) is 10.5 Å². The molecule has 0 heterocycles. The van der Waals surface area contributed by atoms with Crippen LogP contribution in [0.4, 0.5) is 26.3 Å². The Bertz CT molecular complexity index is 700. The summed E-state index contributed by atoms with van der Waals surface area (Å²) in [5, 5.41) is -4.59. The lowest BCUT2D eigenvalue weighted by Crippen LogP contribution is -2.48. The van der Waals surface area contributed by atoms with Gasteiger partial charge >= 0.3 is 12.4 Å². The van der Waals surface area contributed by atoms with E-state index in [1.54, 1.807) is 0 Å². The van der Waals surface area contributed by atoms with Crippen LogP contribution in [0.5, 0.6) is 11.5 Å². The van der Waals surface area contributed by atoms with E-state index >= 15 is 0 Å². The molecule has 0 aliphatic carbocycles. The van der Waals surface area contributed by atoms with Gasteiger partial charge in [0.2, 0.25) is 9.84 Å². The van der Waals surface area contributed by atoms with Gasteiger partial charge in [-0.25, -0.2) is 8.42 Å². The molecule has 0 aliphatic rings. The second-order valence-electron chi connectivity index (χ2n) is 4.86. The third kappa shape index (κ3) is 4.48. The standard InChI is InChI=1S/C13H15F6NO4S/c1-23-8-6-10(9(24-2)5-7(8)3-4-20)25(21,22)11(12(14,15)16)13(17,18)19/h5-6,11H,3-4,20H2,1-2H3. The quantitative estimate of drug-likeness (QED) is 0.749. The Morgan fingerprint density at radius 3 is 1.84 bits per heavy atom. The molecule has 1 aromatic carbocycles. The lowest BCUT2D eigenvalue weighted by molar-refractivity contribution is -0.226. The molecule has 0 aromatic heterocycles. The number of hydrogen-bond donors (Lipinski definition) is 1. The average Bonchev–Trinajstić information content (AvgIpc) is 2.43. The number of methoxy groups -OCH3 is 2. The van der Waals surface area contributed by atoms with E-state index in [9.17, 15) is 34.8 Å². The lowest BCUT2D eigenvalue weighted by Gasteiger charge is -2.24. The summed E-state index contributed by atoms with van der Waals surface area (Å²) in [6.07, 6.45) is -12.0. The SMILES string of the molecule is COc1cc(S(=O)(=O)C(C(F)(F)F)C(F)(F)F)c(OC)cc1CCN. The Hall–Kier alpha value is -1.69. The van der Waals surface area contributed by atoms with E-state index in [2.05, 4.69) is 4.74 Å². The average molecular weight is 395 g/mol. The second kappa shape index (κ2) is 7.28. The predicted molar refractivity (Wildman–Crippen MR) is 75.4 cm³/mol. The summed E-state index contributed by atoms with van der Waals surface area (Å²) < 4.78 is 111. The largest absolute Gasteiger partial charge is 0.496 e. The Morgan fingerprint density at radius 1 is 1.00 bits per heavy atom. The Kier molecular flexibility index (Phi) is 6.22. The number of hydrogen-bond acceptors (Lipinski definition) is 5. The van der Waals surface area contributed by atoms with Crippen molar-refractivity contribution in [3.05, 3.63) is 17.7 Å². The fraction of sp³-hybridized carbons (Fsp3) is 0.538. The van der Waals surface area contributed by atoms with E-state index in [1.807, 2.05) is 0 Å². The van der Waals surface area contributed by atoms with Crippen LogP contribution in [0.25, 0.3) is 0 Å². The molecule has 0 bridgehead atoms. The van der Waals surface area contributed by atoms with Crippen LogP contribution in [0.2, 0.25) is 0 Å². The molecule has 144 valence electrons. The van der Waals surface area contributed by atoms with E-state index in [0.29, 0.717) is 6.07 Å². The van der Waals surface area contributed by atoms with Crippen LogP contribution in [0.1, 0.15) is 5.56 Å². The van der Waals surface area contributed by atoms with Crippen LogP contribution >= 0.6 is 0 Å². The Labute approximate surface area is 139 Å². The first-order valence-corrected chi connectivity index (χ1v) is 8.17. The van der Waals surface area contributed by atoms with Crippen LogP contribution in [0, 0.1) is 0 Å². The van der Waals surface area contributed by atoms with Gasteiger partial charge in [-0.3, -0.25) is 0 Å². The van der Waals surface area contributed by atoms with Crippen molar-refractivity contribution in [2.24, 2.45) is 5.73 Å². The zero-order valence-electron chi connectivity index (χ0n) is 13.0. The minimum Gasteiger partial charge on any atom is -0.496 e. The lowest BCUT2D eigenvalue weighted by atomic mass is 10.1. The molecule has 0 fully saturated rings. The summed E-state index contributed by atoms with van der Waals surface area (Å²) in [7, 11) is -3.90. The van der Waals surface area contributed by atoms with Gasteiger partial charge in [0.1, 0.15) is 16.4 Å². The van der Waals surface area contributed by atoms with Crippen LogP contribution < -0.4 is 15.2 Å². The summed E-state index contributed by atoms with van der Waals surface area (Å²) in [5.74, 6) is -0.879. The minimum absolute atomic E-state index is 0.0827. The van der Waals surface area contributed by atoms with E-state index < -0.39 is 38.1 Å². The van der Waals surface area contributed by atoms with E-state index in [-0.39, 0.29) is 24.3 Å².